The Morgan fingerprint density at radius 2 is 2.04 bits per heavy atom. The van der Waals surface area contributed by atoms with Gasteiger partial charge >= 0.3 is 0 Å². The molecule has 0 spiro atoms. The van der Waals surface area contributed by atoms with Crippen LogP contribution in [0.5, 0.6) is 5.75 Å². The minimum absolute atomic E-state index is 0.0207. The average Bonchev–Trinajstić information content (AvgIpc) is 3.28. The number of likely N-dealkylation sites (N-methyl/N-ethyl adjacent to an activating group) is 1. The zero-order chi connectivity index (χ0) is 20.3. The van der Waals surface area contributed by atoms with E-state index in [1.165, 1.54) is 11.2 Å². The molecule has 1 aromatic heterocycles. The van der Waals surface area contributed by atoms with Gasteiger partial charge in [-0.3, -0.25) is 9.59 Å². The first-order chi connectivity index (χ1) is 13.4. The highest BCUT2D eigenvalue weighted by molar-refractivity contribution is 6.46. The van der Waals surface area contributed by atoms with E-state index in [2.05, 4.69) is 0 Å². The van der Waals surface area contributed by atoms with Crippen molar-refractivity contribution in [3.05, 3.63) is 59.6 Å². The van der Waals surface area contributed by atoms with Crippen LogP contribution in [0.2, 0.25) is 0 Å². The van der Waals surface area contributed by atoms with Gasteiger partial charge in [0.2, 0.25) is 0 Å². The van der Waals surface area contributed by atoms with Crippen LogP contribution < -0.4 is 4.74 Å². The lowest BCUT2D eigenvalue weighted by Gasteiger charge is -2.24. The van der Waals surface area contributed by atoms with E-state index in [-0.39, 0.29) is 11.3 Å². The number of hydrogen-bond donors (Lipinski definition) is 1. The zero-order valence-corrected chi connectivity index (χ0v) is 16.2. The van der Waals surface area contributed by atoms with Crippen molar-refractivity contribution in [1.29, 1.82) is 0 Å². The normalized spacial score (nSPS) is 18.9. The fourth-order valence-electron chi connectivity index (χ4n) is 3.22. The summed E-state index contributed by atoms with van der Waals surface area (Å²) in [6.45, 7) is 3.24. The minimum Gasteiger partial charge on any atom is -0.507 e. The first-order valence-corrected chi connectivity index (χ1v) is 9.13. The van der Waals surface area contributed by atoms with Crippen LogP contribution in [-0.4, -0.2) is 60.4 Å². The Morgan fingerprint density at radius 1 is 1.25 bits per heavy atom. The fraction of sp³-hybridized carbons (Fsp3) is 0.333. The van der Waals surface area contributed by atoms with E-state index < -0.39 is 17.7 Å². The monoisotopic (exact) mass is 384 g/mol. The van der Waals surface area contributed by atoms with Gasteiger partial charge < -0.3 is 24.1 Å². The number of furan rings is 1. The van der Waals surface area contributed by atoms with Gasteiger partial charge in [-0.15, -0.1) is 0 Å². The summed E-state index contributed by atoms with van der Waals surface area (Å²) in [5, 5.41) is 10.9. The van der Waals surface area contributed by atoms with Crippen molar-refractivity contribution in [2.75, 3.05) is 33.8 Å². The molecule has 0 bridgehead atoms. The van der Waals surface area contributed by atoms with Gasteiger partial charge in [-0.2, -0.15) is 0 Å². The number of amides is 1. The first kappa shape index (κ1) is 19.7. The van der Waals surface area contributed by atoms with Crippen molar-refractivity contribution >= 4 is 17.4 Å². The molecule has 0 aliphatic carbocycles. The summed E-state index contributed by atoms with van der Waals surface area (Å²) in [5.74, 6) is -0.609. The van der Waals surface area contributed by atoms with Gasteiger partial charge in [-0.05, 0) is 45.3 Å². The molecular formula is C21H24N2O5. The molecule has 28 heavy (non-hydrogen) atoms. The van der Waals surface area contributed by atoms with E-state index in [1.807, 2.05) is 25.9 Å². The number of nitrogens with zero attached hydrogens (tertiary/aromatic N) is 2. The number of aliphatic hydroxyl groups excluding tert-OH is 1. The largest absolute Gasteiger partial charge is 0.507 e. The van der Waals surface area contributed by atoms with Crippen LogP contribution in [0.15, 0.2) is 52.7 Å². The second-order valence-electron chi connectivity index (χ2n) is 6.77. The maximum absolute atomic E-state index is 12.8. The van der Waals surface area contributed by atoms with Crippen LogP contribution in [-0.2, 0) is 9.59 Å². The van der Waals surface area contributed by atoms with E-state index >= 15 is 0 Å². The lowest BCUT2D eigenvalue weighted by molar-refractivity contribution is -0.140. The Kier molecular flexibility index (Phi) is 5.84. The van der Waals surface area contributed by atoms with Crippen LogP contribution in [0.25, 0.3) is 5.76 Å². The molecule has 2 aromatic rings. The molecule has 7 heteroatoms. The Balaban J connectivity index is 2.08. The van der Waals surface area contributed by atoms with E-state index in [9.17, 15) is 14.7 Å². The third-order valence-electron chi connectivity index (χ3n) is 4.56. The van der Waals surface area contributed by atoms with Gasteiger partial charge in [-0.1, -0.05) is 12.1 Å². The Labute approximate surface area is 163 Å². The third kappa shape index (κ3) is 3.80. The Hall–Kier alpha value is -3.06. The summed E-state index contributed by atoms with van der Waals surface area (Å²) in [7, 11) is 3.77. The summed E-state index contributed by atoms with van der Waals surface area (Å²) < 4.78 is 11.0. The molecule has 3 rings (SSSR count). The molecule has 0 unspecified atom stereocenters. The molecule has 0 saturated carbocycles. The molecule has 1 atom stereocenters. The summed E-state index contributed by atoms with van der Waals surface area (Å²) in [4.78, 5) is 28.8. The fourth-order valence-corrected chi connectivity index (χ4v) is 3.22. The molecular weight excluding hydrogens is 360 g/mol. The van der Waals surface area contributed by atoms with Gasteiger partial charge in [0.1, 0.15) is 23.3 Å². The van der Waals surface area contributed by atoms with E-state index in [0.717, 1.165) is 0 Å². The number of ketones is 1. The van der Waals surface area contributed by atoms with Crippen molar-refractivity contribution in [3.8, 4) is 5.75 Å². The van der Waals surface area contributed by atoms with E-state index in [1.54, 1.807) is 36.4 Å². The van der Waals surface area contributed by atoms with Crippen molar-refractivity contribution in [3.63, 3.8) is 0 Å². The highest BCUT2D eigenvalue weighted by atomic mass is 16.5. The van der Waals surface area contributed by atoms with Crippen LogP contribution in [0.3, 0.4) is 0 Å². The predicted octanol–water partition coefficient (Wildman–Crippen LogP) is 2.66. The number of rotatable bonds is 7. The van der Waals surface area contributed by atoms with Crippen molar-refractivity contribution < 1.29 is 23.8 Å². The topological polar surface area (TPSA) is 83.2 Å². The smallest absolute Gasteiger partial charge is 0.295 e. The lowest BCUT2D eigenvalue weighted by Crippen LogP contribution is -2.35. The number of aliphatic hydroxyl groups is 1. The molecule has 1 N–H and O–H groups in total. The lowest BCUT2D eigenvalue weighted by atomic mass is 9.99. The standard InChI is InChI=1S/C21H24N2O5/c1-4-27-15-8-5-7-14(13-15)19(24)17-18(16-9-6-12-28-16)23(11-10-22(2)3)21(26)20(17)25/h5-9,12-13,18,24H,4,10-11H2,1-3H3/t18-/m1/s1. The van der Waals surface area contributed by atoms with Gasteiger partial charge in [0.15, 0.2) is 0 Å². The highest BCUT2D eigenvalue weighted by Crippen LogP contribution is 2.39. The number of ether oxygens (including phenoxy) is 1. The summed E-state index contributed by atoms with van der Waals surface area (Å²) in [6.07, 6.45) is 1.48. The van der Waals surface area contributed by atoms with Gasteiger partial charge in [0, 0.05) is 18.7 Å². The van der Waals surface area contributed by atoms with E-state index in [0.29, 0.717) is 36.8 Å². The van der Waals surface area contributed by atoms with Crippen molar-refractivity contribution in [2.45, 2.75) is 13.0 Å². The molecule has 148 valence electrons. The van der Waals surface area contributed by atoms with Gasteiger partial charge in [-0.25, -0.2) is 0 Å². The first-order valence-electron chi connectivity index (χ1n) is 9.13. The Bertz CT molecular complexity index is 886. The zero-order valence-electron chi connectivity index (χ0n) is 16.2. The molecule has 1 aliphatic heterocycles. The SMILES string of the molecule is CCOc1cccc(C(O)=C2C(=O)C(=O)N(CCN(C)C)[C@@H]2c2ccco2)c1. The second-order valence-corrected chi connectivity index (χ2v) is 6.77. The van der Waals surface area contributed by atoms with Crippen LogP contribution in [0.4, 0.5) is 0 Å². The number of likely N-dealkylation sites (tertiary alicyclic amines) is 1. The molecule has 1 aromatic carbocycles. The summed E-state index contributed by atoms with van der Waals surface area (Å²) in [6, 6.07) is 9.42. The molecule has 1 fully saturated rings. The van der Waals surface area contributed by atoms with Crippen LogP contribution >= 0.6 is 0 Å². The van der Waals surface area contributed by atoms with Gasteiger partial charge in [0.05, 0.1) is 18.4 Å². The number of carbonyl (C=O) groups is 2. The van der Waals surface area contributed by atoms with E-state index in [4.69, 9.17) is 9.15 Å². The maximum atomic E-state index is 12.8. The second kappa shape index (κ2) is 8.31. The molecule has 2 heterocycles. The molecule has 1 saturated heterocycles. The highest BCUT2D eigenvalue weighted by Gasteiger charge is 2.47. The minimum atomic E-state index is -0.773. The number of benzene rings is 1. The molecule has 1 amide bonds. The Morgan fingerprint density at radius 3 is 2.68 bits per heavy atom. The van der Waals surface area contributed by atoms with Gasteiger partial charge in [0.25, 0.3) is 11.7 Å². The summed E-state index contributed by atoms with van der Waals surface area (Å²) >= 11 is 0. The third-order valence-corrected chi connectivity index (χ3v) is 4.56. The average molecular weight is 384 g/mol. The number of hydrogen-bond acceptors (Lipinski definition) is 6. The van der Waals surface area contributed by atoms with Crippen LogP contribution in [0.1, 0.15) is 24.3 Å². The van der Waals surface area contributed by atoms with Crippen molar-refractivity contribution in [1.82, 2.24) is 9.80 Å². The quantitative estimate of drug-likeness (QED) is 0.449. The van der Waals surface area contributed by atoms with Crippen LogP contribution in [0, 0.1) is 0 Å². The number of Topliss-reactive ketones (excluding diaryl/α,β-unsaturated/α-hetero) is 1. The maximum Gasteiger partial charge on any atom is 0.295 e. The molecule has 1 aliphatic rings. The summed E-state index contributed by atoms with van der Waals surface area (Å²) in [5.41, 5.74) is 0.431. The molecule has 0 radical (unpaired) electrons. The van der Waals surface area contributed by atoms with Crippen molar-refractivity contribution in [2.24, 2.45) is 0 Å². The molecule has 7 nitrogen and oxygen atoms in total. The predicted molar refractivity (Wildman–Crippen MR) is 104 cm³/mol. The number of carbonyl (C=O) groups excluding carboxylic acids is 2.